The van der Waals surface area contributed by atoms with Gasteiger partial charge in [-0.25, -0.2) is 4.99 Å². The summed E-state index contributed by atoms with van der Waals surface area (Å²) in [7, 11) is 0. The predicted octanol–water partition coefficient (Wildman–Crippen LogP) is 3.89. The van der Waals surface area contributed by atoms with Gasteiger partial charge < -0.3 is 14.8 Å². The lowest BCUT2D eigenvalue weighted by atomic mass is 10.0. The van der Waals surface area contributed by atoms with Crippen molar-refractivity contribution >= 4 is 44.3 Å². The van der Waals surface area contributed by atoms with Gasteiger partial charge in [0.05, 0.1) is 22.0 Å². The Morgan fingerprint density at radius 3 is 2.58 bits per heavy atom. The zero-order chi connectivity index (χ0) is 22.0. The molecular weight excluding hydrogens is 460 g/mol. The number of halogens is 1. The summed E-state index contributed by atoms with van der Waals surface area (Å²) in [4.78, 5) is 27.5. The smallest absolute Gasteiger partial charge is 0.303 e. The summed E-state index contributed by atoms with van der Waals surface area (Å²) in [6.07, 6.45) is 4.53. The van der Waals surface area contributed by atoms with Gasteiger partial charge in [0.1, 0.15) is 0 Å². The number of carbonyl (C=O) groups excluding carboxylic acids is 1. The van der Waals surface area contributed by atoms with Crippen molar-refractivity contribution in [2.75, 3.05) is 0 Å². The van der Waals surface area contributed by atoms with Crippen molar-refractivity contribution in [1.82, 2.24) is 4.57 Å². The van der Waals surface area contributed by atoms with Crippen LogP contribution in [0.1, 0.15) is 44.1 Å². The largest absolute Gasteiger partial charge is 0.494 e. The van der Waals surface area contributed by atoms with Gasteiger partial charge in [-0.2, -0.15) is 0 Å². The quantitative estimate of drug-likeness (QED) is 0.452. The molecule has 1 aliphatic rings. The highest BCUT2D eigenvalue weighted by Crippen LogP contribution is 2.38. The van der Waals surface area contributed by atoms with Gasteiger partial charge >= 0.3 is 5.97 Å². The molecule has 3 aromatic rings. The predicted molar refractivity (Wildman–Crippen MR) is 121 cm³/mol. The minimum atomic E-state index is -0.755. The lowest BCUT2D eigenvalue weighted by molar-refractivity contribution is -0.137. The molecule has 1 amide bonds. The van der Waals surface area contributed by atoms with Gasteiger partial charge in [0.25, 0.3) is 5.91 Å². The molecule has 160 valence electrons. The van der Waals surface area contributed by atoms with Crippen molar-refractivity contribution < 1.29 is 19.8 Å². The topological polar surface area (TPSA) is 91.9 Å². The van der Waals surface area contributed by atoms with E-state index in [1.54, 1.807) is 6.07 Å². The van der Waals surface area contributed by atoms with Gasteiger partial charge in [-0.3, -0.25) is 9.59 Å². The number of unbranched alkanes of at least 4 members (excludes halogenated alkanes) is 4. The zero-order valence-electron chi connectivity index (χ0n) is 17.0. The number of carboxylic acids is 1. The number of nitrogens with zero attached hydrogens (tertiary/aromatic N) is 2. The molecule has 7 heteroatoms. The molecule has 2 N–H and O–H groups in total. The maximum absolute atomic E-state index is 12.8. The maximum atomic E-state index is 12.8. The first-order chi connectivity index (χ1) is 15.0. The lowest BCUT2D eigenvalue weighted by Gasteiger charge is -2.08. The van der Waals surface area contributed by atoms with E-state index in [0.29, 0.717) is 29.5 Å². The molecule has 4 rings (SSSR count). The molecule has 0 unspecified atom stereocenters. The highest BCUT2D eigenvalue weighted by Gasteiger charge is 2.27. The van der Waals surface area contributed by atoms with E-state index in [2.05, 4.69) is 20.9 Å². The van der Waals surface area contributed by atoms with E-state index in [1.165, 1.54) is 0 Å². The third-order valence-corrected chi connectivity index (χ3v) is 6.12. The van der Waals surface area contributed by atoms with Crippen molar-refractivity contribution in [2.24, 2.45) is 4.99 Å². The Labute approximate surface area is 187 Å². The van der Waals surface area contributed by atoms with Gasteiger partial charge in [0.15, 0.2) is 5.88 Å². The second kappa shape index (κ2) is 9.06. The summed E-state index contributed by atoms with van der Waals surface area (Å²) < 4.78 is 2.73. The summed E-state index contributed by atoms with van der Waals surface area (Å²) in [5.74, 6) is -1.02. The van der Waals surface area contributed by atoms with Crippen molar-refractivity contribution in [3.8, 4) is 5.88 Å². The summed E-state index contributed by atoms with van der Waals surface area (Å²) in [6.45, 7) is 0.614. The van der Waals surface area contributed by atoms with Crippen LogP contribution in [0.25, 0.3) is 16.5 Å². The fourth-order valence-corrected chi connectivity index (χ4v) is 4.53. The van der Waals surface area contributed by atoms with E-state index in [9.17, 15) is 14.7 Å². The van der Waals surface area contributed by atoms with E-state index in [4.69, 9.17) is 5.11 Å². The van der Waals surface area contributed by atoms with E-state index in [-0.39, 0.29) is 18.2 Å². The third-order valence-electron chi connectivity index (χ3n) is 5.63. The molecule has 31 heavy (non-hydrogen) atoms. The summed E-state index contributed by atoms with van der Waals surface area (Å²) in [6, 6.07) is 13.2. The van der Waals surface area contributed by atoms with Gasteiger partial charge in [-0.1, -0.05) is 53.4 Å². The van der Waals surface area contributed by atoms with Gasteiger partial charge in [0, 0.05) is 28.0 Å². The number of benzene rings is 2. The highest BCUT2D eigenvalue weighted by atomic mass is 79.9. The molecule has 0 fully saturated rings. The average Bonchev–Trinajstić information content (AvgIpc) is 3.19. The SMILES string of the molecule is O=C(O)CCCCCCCn1c(O)c(C2=c3ccccc3=NC2=O)c2cc(Br)ccc21. The molecule has 6 nitrogen and oxygen atoms in total. The minimum Gasteiger partial charge on any atom is -0.494 e. The van der Waals surface area contributed by atoms with Crippen LogP contribution >= 0.6 is 15.9 Å². The maximum Gasteiger partial charge on any atom is 0.303 e. The Morgan fingerprint density at radius 2 is 1.77 bits per heavy atom. The lowest BCUT2D eigenvalue weighted by Crippen LogP contribution is -2.22. The molecule has 2 heterocycles. The molecule has 0 saturated carbocycles. The number of aryl methyl sites for hydroxylation is 1. The van der Waals surface area contributed by atoms with E-state index >= 15 is 0 Å². The number of aromatic nitrogens is 1. The van der Waals surface area contributed by atoms with Crippen LogP contribution in [0.5, 0.6) is 5.88 Å². The van der Waals surface area contributed by atoms with Crippen molar-refractivity contribution in [2.45, 2.75) is 45.1 Å². The second-order valence-electron chi connectivity index (χ2n) is 7.73. The summed E-state index contributed by atoms with van der Waals surface area (Å²) >= 11 is 3.50. The van der Waals surface area contributed by atoms with E-state index < -0.39 is 5.97 Å². The Morgan fingerprint density at radius 1 is 1.03 bits per heavy atom. The van der Waals surface area contributed by atoms with Crippen LogP contribution in [-0.2, 0) is 16.1 Å². The van der Waals surface area contributed by atoms with Crippen molar-refractivity contribution in [3.05, 3.63) is 63.1 Å². The first kappa shape index (κ1) is 21.3. The number of amides is 1. The zero-order valence-corrected chi connectivity index (χ0v) is 18.6. The molecule has 1 aliphatic heterocycles. The molecule has 0 bridgehead atoms. The molecule has 2 aromatic carbocycles. The summed E-state index contributed by atoms with van der Waals surface area (Å²) in [5, 5.41) is 22.1. The third kappa shape index (κ3) is 4.28. The Balaban J connectivity index is 1.65. The van der Waals surface area contributed by atoms with Crippen LogP contribution in [0.15, 0.2) is 51.9 Å². The van der Waals surface area contributed by atoms with Crippen LogP contribution in [0.4, 0.5) is 0 Å². The monoisotopic (exact) mass is 482 g/mol. The summed E-state index contributed by atoms with van der Waals surface area (Å²) in [5.41, 5.74) is 1.83. The number of hydrogen-bond donors (Lipinski definition) is 2. The standard InChI is InChI=1S/C24H23BrN2O4/c25-15-11-12-19-17(14-15)22(21-16-8-5-6-9-18(16)26-23(21)30)24(31)27(19)13-7-3-1-2-4-10-20(28)29/h5-6,8-9,11-12,14,31H,1-4,7,10,13H2,(H,28,29). The van der Waals surface area contributed by atoms with Crippen LogP contribution < -0.4 is 10.6 Å². The van der Waals surface area contributed by atoms with Crippen LogP contribution in [0, 0.1) is 0 Å². The highest BCUT2D eigenvalue weighted by molar-refractivity contribution is 9.10. The van der Waals surface area contributed by atoms with Gasteiger partial charge in [-0.05, 0) is 37.1 Å². The van der Waals surface area contributed by atoms with Crippen molar-refractivity contribution in [3.63, 3.8) is 0 Å². The van der Waals surface area contributed by atoms with Crippen LogP contribution in [0.2, 0.25) is 0 Å². The van der Waals surface area contributed by atoms with Gasteiger partial charge in [0.2, 0.25) is 0 Å². The first-order valence-electron chi connectivity index (χ1n) is 10.4. The molecule has 0 atom stereocenters. The number of aromatic hydroxyl groups is 1. The number of carbonyl (C=O) groups is 2. The second-order valence-corrected chi connectivity index (χ2v) is 8.65. The number of fused-ring (bicyclic) bond motifs is 2. The normalized spacial score (nSPS) is 12.9. The fraction of sp³-hybridized carbons (Fsp3) is 0.292. The molecule has 0 saturated heterocycles. The van der Waals surface area contributed by atoms with Crippen molar-refractivity contribution in [1.29, 1.82) is 0 Å². The minimum absolute atomic E-state index is 0.0780. The molecule has 1 aromatic heterocycles. The number of aliphatic carboxylic acids is 1. The Bertz CT molecular complexity index is 1290. The van der Waals surface area contributed by atoms with Crippen LogP contribution in [-0.4, -0.2) is 26.7 Å². The Hall–Kier alpha value is -2.93. The van der Waals surface area contributed by atoms with E-state index in [0.717, 1.165) is 46.3 Å². The molecule has 0 spiro atoms. The van der Waals surface area contributed by atoms with Crippen LogP contribution in [0.3, 0.4) is 0 Å². The molecule has 0 aliphatic carbocycles. The number of hydrogen-bond acceptors (Lipinski definition) is 3. The average molecular weight is 483 g/mol. The number of para-hydroxylation sites is 1. The molecular formula is C24H23BrN2O4. The Kier molecular flexibility index (Phi) is 6.23. The molecule has 0 radical (unpaired) electrons. The fourth-order valence-electron chi connectivity index (χ4n) is 4.17. The van der Waals surface area contributed by atoms with E-state index in [1.807, 2.05) is 41.0 Å². The first-order valence-corrected chi connectivity index (χ1v) is 11.2. The number of carboxylic acid groups (broad SMARTS) is 1. The van der Waals surface area contributed by atoms with Gasteiger partial charge in [-0.15, -0.1) is 0 Å². The number of rotatable bonds is 9.